The second-order valence-corrected chi connectivity index (χ2v) is 9.91. The fourth-order valence-electron chi connectivity index (χ4n) is 3.91. The summed E-state index contributed by atoms with van der Waals surface area (Å²) in [5.41, 5.74) is 0. The summed E-state index contributed by atoms with van der Waals surface area (Å²) in [4.78, 5) is 20.7. The third-order valence-corrected chi connectivity index (χ3v) is 6.30. The van der Waals surface area contributed by atoms with Crippen molar-refractivity contribution >= 4 is 12.6 Å². The zero-order chi connectivity index (χ0) is 27.1. The van der Waals surface area contributed by atoms with E-state index in [1.54, 1.807) is 0 Å². The van der Waals surface area contributed by atoms with Crippen molar-refractivity contribution in [2.75, 3.05) is 13.2 Å². The molecule has 0 spiro atoms. The lowest BCUT2D eigenvalue weighted by molar-refractivity contribution is -0.208. The van der Waals surface area contributed by atoms with Crippen molar-refractivity contribution in [1.29, 1.82) is 0 Å². The number of rotatable bonds is 30. The minimum Gasteiger partial charge on any atom is -0.349 e. The Bertz CT molecular complexity index is 485. The van der Waals surface area contributed by atoms with E-state index in [0.29, 0.717) is 26.1 Å². The van der Waals surface area contributed by atoms with E-state index in [1.165, 1.54) is 51.4 Å². The number of allylic oxidation sites excluding steroid dienone is 2. The van der Waals surface area contributed by atoms with Crippen molar-refractivity contribution in [3.63, 3.8) is 0 Å². The summed E-state index contributed by atoms with van der Waals surface area (Å²) < 4.78 is 18.3. The lowest BCUT2D eigenvalue weighted by Gasteiger charge is -2.21. The van der Waals surface area contributed by atoms with Gasteiger partial charge in [0.05, 0.1) is 13.2 Å². The summed E-state index contributed by atoms with van der Waals surface area (Å²) in [6.45, 7) is 5.70. The van der Waals surface area contributed by atoms with Crippen molar-refractivity contribution in [2.45, 2.75) is 155 Å². The Balaban J connectivity index is 4.48. The number of ether oxygens (including phenoxy) is 3. The van der Waals surface area contributed by atoms with E-state index in [2.05, 4.69) is 26.0 Å². The molecule has 2 atom stereocenters. The molecule has 0 saturated carbocycles. The molecular formula is C32H58O5. The van der Waals surface area contributed by atoms with Crippen LogP contribution in [0.25, 0.3) is 0 Å². The van der Waals surface area contributed by atoms with Gasteiger partial charge in [-0.25, -0.2) is 0 Å². The van der Waals surface area contributed by atoms with Crippen molar-refractivity contribution in [3.8, 4) is 0 Å². The van der Waals surface area contributed by atoms with Gasteiger partial charge in [0, 0.05) is 12.8 Å². The molecule has 5 heteroatoms. The van der Waals surface area contributed by atoms with Gasteiger partial charge in [0.15, 0.2) is 12.6 Å². The van der Waals surface area contributed by atoms with E-state index in [-0.39, 0.29) is 0 Å². The molecule has 0 aromatic heterocycles. The van der Waals surface area contributed by atoms with Crippen LogP contribution in [0.2, 0.25) is 0 Å². The fourth-order valence-corrected chi connectivity index (χ4v) is 3.91. The maximum atomic E-state index is 10.4. The SMILES string of the molecule is CCCCOC(C=CCCCCCCCCC=O)OC(C=CCCCCCCCCC=O)OCCCC. The van der Waals surface area contributed by atoms with E-state index in [1.807, 2.05) is 12.2 Å². The number of hydrogen-bond donors (Lipinski definition) is 0. The van der Waals surface area contributed by atoms with Crippen LogP contribution in [-0.4, -0.2) is 38.4 Å². The van der Waals surface area contributed by atoms with Crippen LogP contribution in [0.1, 0.15) is 142 Å². The Kier molecular flexibility index (Phi) is 29.8. The number of carbonyl (C=O) groups excluding carboxylic acids is 2. The van der Waals surface area contributed by atoms with Gasteiger partial charge in [-0.2, -0.15) is 0 Å². The lowest BCUT2D eigenvalue weighted by atomic mass is 10.1. The molecule has 216 valence electrons. The molecule has 0 rings (SSSR count). The maximum Gasteiger partial charge on any atom is 0.180 e. The fraction of sp³-hybridized carbons (Fsp3) is 0.812. The van der Waals surface area contributed by atoms with E-state index in [4.69, 9.17) is 14.2 Å². The van der Waals surface area contributed by atoms with E-state index in [9.17, 15) is 9.59 Å². The van der Waals surface area contributed by atoms with Crippen LogP contribution >= 0.6 is 0 Å². The van der Waals surface area contributed by atoms with Gasteiger partial charge < -0.3 is 23.8 Å². The second-order valence-electron chi connectivity index (χ2n) is 9.91. The molecule has 0 aliphatic carbocycles. The number of hydrogen-bond acceptors (Lipinski definition) is 5. The first-order chi connectivity index (χ1) is 18.3. The van der Waals surface area contributed by atoms with Gasteiger partial charge >= 0.3 is 0 Å². The molecule has 37 heavy (non-hydrogen) atoms. The Morgan fingerprint density at radius 2 is 0.838 bits per heavy atom. The van der Waals surface area contributed by atoms with Crippen molar-refractivity contribution in [2.24, 2.45) is 0 Å². The summed E-state index contributed by atoms with van der Waals surface area (Å²) in [5.74, 6) is 0. The van der Waals surface area contributed by atoms with Gasteiger partial charge in [-0.3, -0.25) is 0 Å². The maximum absolute atomic E-state index is 10.4. The van der Waals surface area contributed by atoms with Crippen LogP contribution < -0.4 is 0 Å². The molecule has 0 aliphatic rings. The summed E-state index contributed by atoms with van der Waals surface area (Å²) >= 11 is 0. The molecule has 2 unspecified atom stereocenters. The molecule has 0 radical (unpaired) electrons. The van der Waals surface area contributed by atoms with E-state index < -0.39 is 12.6 Å². The average molecular weight is 523 g/mol. The average Bonchev–Trinajstić information content (AvgIpc) is 2.90. The smallest absolute Gasteiger partial charge is 0.180 e. The molecule has 0 bridgehead atoms. The second kappa shape index (κ2) is 30.9. The summed E-state index contributed by atoms with van der Waals surface area (Å²) in [5, 5.41) is 0. The predicted octanol–water partition coefficient (Wildman–Crippen LogP) is 9.04. The Morgan fingerprint density at radius 3 is 1.19 bits per heavy atom. The van der Waals surface area contributed by atoms with Crippen LogP contribution in [0.5, 0.6) is 0 Å². The van der Waals surface area contributed by atoms with Crippen LogP contribution in [0.4, 0.5) is 0 Å². The Labute approximate surface area is 228 Å². The van der Waals surface area contributed by atoms with Gasteiger partial charge in [-0.05, 0) is 63.5 Å². The van der Waals surface area contributed by atoms with Crippen molar-refractivity contribution in [3.05, 3.63) is 24.3 Å². The van der Waals surface area contributed by atoms with Gasteiger partial charge in [-0.1, -0.05) is 90.2 Å². The highest BCUT2D eigenvalue weighted by Crippen LogP contribution is 2.13. The molecule has 0 N–H and O–H groups in total. The first-order valence-corrected chi connectivity index (χ1v) is 15.4. The highest BCUT2D eigenvalue weighted by Gasteiger charge is 2.13. The molecule has 0 aromatic carbocycles. The molecule has 0 fully saturated rings. The van der Waals surface area contributed by atoms with Crippen LogP contribution in [0.3, 0.4) is 0 Å². The standard InChI is InChI=1S/C32H58O5/c1-3-5-29-35-31(25-21-17-13-9-7-11-15-19-23-27-33)37-32(36-30-6-4-2)26-22-18-14-10-8-12-16-20-24-28-34/h21-22,25-28,31-32H,3-20,23-24,29-30H2,1-2H3. The van der Waals surface area contributed by atoms with Gasteiger partial charge in [0.1, 0.15) is 12.6 Å². The molecule has 0 saturated heterocycles. The summed E-state index contributed by atoms with van der Waals surface area (Å²) in [6.07, 6.45) is 31.4. The number of carbonyl (C=O) groups is 2. The monoisotopic (exact) mass is 522 g/mol. The quantitative estimate of drug-likeness (QED) is 0.0407. The summed E-state index contributed by atoms with van der Waals surface area (Å²) in [6, 6.07) is 0. The minimum absolute atomic E-state index is 0.391. The predicted molar refractivity (Wildman–Crippen MR) is 155 cm³/mol. The van der Waals surface area contributed by atoms with E-state index in [0.717, 1.165) is 76.8 Å². The van der Waals surface area contributed by atoms with Gasteiger partial charge in [0.2, 0.25) is 0 Å². The zero-order valence-electron chi connectivity index (χ0n) is 24.2. The number of aldehydes is 2. The molecule has 5 nitrogen and oxygen atoms in total. The van der Waals surface area contributed by atoms with Crippen molar-refractivity contribution in [1.82, 2.24) is 0 Å². The molecule has 0 heterocycles. The molecular weight excluding hydrogens is 464 g/mol. The van der Waals surface area contributed by atoms with Crippen LogP contribution in [-0.2, 0) is 23.8 Å². The lowest BCUT2D eigenvalue weighted by Crippen LogP contribution is -2.25. The first-order valence-electron chi connectivity index (χ1n) is 15.4. The van der Waals surface area contributed by atoms with Crippen molar-refractivity contribution < 1.29 is 23.8 Å². The van der Waals surface area contributed by atoms with Crippen LogP contribution in [0.15, 0.2) is 24.3 Å². The zero-order valence-corrected chi connectivity index (χ0v) is 24.2. The van der Waals surface area contributed by atoms with Crippen LogP contribution in [0, 0.1) is 0 Å². The number of unbranched alkanes of at least 4 members (excludes halogenated alkanes) is 16. The topological polar surface area (TPSA) is 61.8 Å². The van der Waals surface area contributed by atoms with Gasteiger partial charge in [0.25, 0.3) is 0 Å². The molecule has 0 aliphatic heterocycles. The largest absolute Gasteiger partial charge is 0.349 e. The molecule has 0 aromatic rings. The normalized spacial score (nSPS) is 13.5. The van der Waals surface area contributed by atoms with Gasteiger partial charge in [-0.15, -0.1) is 0 Å². The Hall–Kier alpha value is -1.30. The highest BCUT2D eigenvalue weighted by atomic mass is 16.8. The third kappa shape index (κ3) is 27.5. The minimum atomic E-state index is -0.391. The third-order valence-electron chi connectivity index (χ3n) is 6.30. The van der Waals surface area contributed by atoms with E-state index >= 15 is 0 Å². The first kappa shape index (κ1) is 35.7. The Morgan fingerprint density at radius 1 is 0.486 bits per heavy atom. The molecule has 0 amide bonds. The summed E-state index contributed by atoms with van der Waals surface area (Å²) in [7, 11) is 0. The highest BCUT2D eigenvalue weighted by molar-refractivity contribution is 5.49.